The predicted molar refractivity (Wildman–Crippen MR) is 235 cm³/mol. The lowest BCUT2D eigenvalue weighted by Crippen LogP contribution is -2.65. The summed E-state index contributed by atoms with van der Waals surface area (Å²) in [5, 5.41) is 18.8. The van der Waals surface area contributed by atoms with Gasteiger partial charge in [0, 0.05) is 21.3 Å². The molecule has 4 unspecified atom stereocenters. The number of alkyl halides is 25. The fourth-order valence-corrected chi connectivity index (χ4v) is 9.31. The summed E-state index contributed by atoms with van der Waals surface area (Å²) in [6.07, 6.45) is -55.0. The van der Waals surface area contributed by atoms with E-state index in [2.05, 4.69) is 33.2 Å². The highest BCUT2D eigenvalue weighted by Gasteiger charge is 2.84. The highest BCUT2D eigenvalue weighted by Crippen LogP contribution is 2.68. The van der Waals surface area contributed by atoms with Gasteiger partial charge in [-0.05, 0) is 125 Å². The van der Waals surface area contributed by atoms with Gasteiger partial charge < -0.3 is 43.4 Å². The summed E-state index contributed by atoms with van der Waals surface area (Å²) in [7, 11) is 5.64. The van der Waals surface area contributed by atoms with Crippen LogP contribution in [0.1, 0.15) is 92.9 Å². The molecule has 2 saturated carbocycles. The molecule has 486 valence electrons. The minimum atomic E-state index is -6.67. The Hall–Kier alpha value is -3.25. The second-order valence-corrected chi connectivity index (χ2v) is 20.0. The number of halogens is 25. The van der Waals surface area contributed by atoms with Crippen LogP contribution in [0.25, 0.3) is 0 Å². The van der Waals surface area contributed by atoms with Crippen LogP contribution >= 0.6 is 11.6 Å². The molecule has 0 radical (unpaired) electrons. The first-order valence-electron chi connectivity index (χ1n) is 23.5. The average molecular weight is 1280 g/mol. The zero-order chi connectivity index (χ0) is 65.5. The number of ether oxygens (including phenoxy) is 7. The molecule has 0 aliphatic heterocycles. The van der Waals surface area contributed by atoms with Crippen molar-refractivity contribution >= 4 is 23.5 Å². The molecule has 0 aromatic carbocycles. The van der Waals surface area contributed by atoms with Gasteiger partial charge in [-0.2, -0.15) is 105 Å². The monoisotopic (exact) mass is 1280 g/mol. The Kier molecular flexibility index (Phi) is 26.5. The predicted octanol–water partition coefficient (Wildman–Crippen LogP) is 14.1. The van der Waals surface area contributed by atoms with Crippen LogP contribution in [-0.4, -0.2) is 149 Å². The zero-order valence-corrected chi connectivity index (χ0v) is 45.9. The van der Waals surface area contributed by atoms with E-state index in [4.69, 9.17) is 11.6 Å². The highest BCUT2D eigenvalue weighted by atomic mass is 35.5. The van der Waals surface area contributed by atoms with E-state index in [0.717, 1.165) is 12.8 Å². The van der Waals surface area contributed by atoms with E-state index in [-0.39, 0.29) is 22.8 Å². The average Bonchev–Trinajstić information content (AvgIpc) is 4.14. The molecule has 4 bridgehead atoms. The van der Waals surface area contributed by atoms with Crippen LogP contribution < -0.4 is 0 Å². The van der Waals surface area contributed by atoms with E-state index < -0.39 is 170 Å². The van der Waals surface area contributed by atoms with Crippen molar-refractivity contribution in [1.82, 2.24) is 0 Å². The summed E-state index contributed by atoms with van der Waals surface area (Å²) in [5.41, 5.74) is -33.0. The van der Waals surface area contributed by atoms with Crippen molar-refractivity contribution in [2.45, 2.75) is 165 Å². The Labute approximate surface area is 458 Å². The molecule has 11 nitrogen and oxygen atoms in total. The first-order chi connectivity index (χ1) is 36.5. The standard InChI is InChI=1S/C17H18F12O4.C13H10F12O2.2C7H14O2.C2H5ClO/c1-30-6-32-12(14(18,19)20,15(21,22)23)10-8-3-4-9(5-8)11(10)13(16(24,25)26,17(27,28)29)33-7-31-2;14-10(15,16)8(26,11(17,18)19)6-4-1-2-5(3-4)7(6)9(27,12(20,21)22)13(23,24)25;2*1-5-7(2,3)6(8)9-4;1-4-2-3/h8-9H,3-7H2,1-2H3;4-5,26-27H,1-3H2;2*5H2,1-4H3;2H2,1H3. The number of carbonyl (C=O) groups is 2. The SMILES string of the molecule is CCC(C)(C)C(=O)OC.CCC(C)(C)C(=O)OC.COCCl.COCOC(C1=C(C(OCOC)(C(F)(F)F)C(F)(F)F)C2CCC1C2)(C(F)(F)F)C(F)(F)F.OC(C1=C(C(O)(C(F)(F)F)C(F)(F)F)C2CCC1C2)(C(F)(F)F)C(F)(F)F. The number of carbonyl (C=O) groups excluding carboxylic acids is 2. The first kappa shape index (κ1) is 78.8. The molecule has 2 N–H and O–H groups in total. The van der Waals surface area contributed by atoms with Crippen LogP contribution in [0.15, 0.2) is 22.3 Å². The van der Waals surface area contributed by atoms with Gasteiger partial charge in [-0.25, -0.2) is 0 Å². The van der Waals surface area contributed by atoms with Gasteiger partial charge in [0.1, 0.15) is 19.7 Å². The third-order valence-electron chi connectivity index (χ3n) is 14.0. The van der Waals surface area contributed by atoms with Crippen molar-refractivity contribution < 1.29 is 158 Å². The van der Waals surface area contributed by atoms with E-state index in [0.29, 0.717) is 20.3 Å². The van der Waals surface area contributed by atoms with Crippen molar-refractivity contribution in [3.8, 4) is 0 Å². The molecule has 4 aliphatic carbocycles. The normalized spacial score (nSPS) is 20.5. The lowest BCUT2D eigenvalue weighted by Gasteiger charge is -2.46. The Morgan fingerprint density at radius 3 is 0.756 bits per heavy atom. The maximum Gasteiger partial charge on any atom is 0.430 e. The van der Waals surface area contributed by atoms with Crippen LogP contribution in [0.3, 0.4) is 0 Å². The Balaban J connectivity index is 0.00000118. The smallest absolute Gasteiger partial charge is 0.430 e. The third-order valence-corrected chi connectivity index (χ3v) is 14.2. The molecule has 0 saturated heterocycles. The number of hydrogen-bond donors (Lipinski definition) is 2. The second kappa shape index (κ2) is 27.6. The summed E-state index contributed by atoms with van der Waals surface area (Å²) >= 11 is 4.96. The minimum Gasteiger partial charge on any atom is -0.469 e. The number of aliphatic hydroxyl groups is 2. The Morgan fingerprint density at radius 1 is 0.415 bits per heavy atom. The Bertz CT molecular complexity index is 1940. The fraction of sp³-hybridized carbons (Fsp3) is 0.870. The van der Waals surface area contributed by atoms with Crippen molar-refractivity contribution in [3.63, 3.8) is 0 Å². The van der Waals surface area contributed by atoms with Crippen LogP contribution in [0.2, 0.25) is 0 Å². The zero-order valence-electron chi connectivity index (χ0n) is 45.1. The van der Waals surface area contributed by atoms with Gasteiger partial charge in [0.15, 0.2) is 0 Å². The molecule has 0 heterocycles. The molecule has 0 aromatic rings. The summed E-state index contributed by atoms with van der Waals surface area (Å²) in [4.78, 5) is 21.7. The number of methoxy groups -OCH3 is 5. The van der Waals surface area contributed by atoms with E-state index >= 15 is 0 Å². The van der Waals surface area contributed by atoms with Gasteiger partial charge in [-0.1, -0.05) is 25.4 Å². The van der Waals surface area contributed by atoms with Crippen LogP contribution in [0, 0.1) is 34.5 Å². The fourth-order valence-electron chi connectivity index (χ4n) is 9.31. The topological polar surface area (TPSA) is 139 Å². The third kappa shape index (κ3) is 15.7. The van der Waals surface area contributed by atoms with Gasteiger partial charge in [-0.3, -0.25) is 9.59 Å². The molecule has 0 aromatic heterocycles. The first-order valence-corrected chi connectivity index (χ1v) is 24.0. The molecule has 0 amide bonds. The molecule has 4 aliphatic rings. The lowest BCUT2D eigenvalue weighted by molar-refractivity contribution is -0.388. The van der Waals surface area contributed by atoms with Gasteiger partial charge in [-0.15, -0.1) is 0 Å². The molecular weight excluding hydrogens is 1220 g/mol. The van der Waals surface area contributed by atoms with Crippen molar-refractivity contribution in [3.05, 3.63) is 22.3 Å². The van der Waals surface area contributed by atoms with Crippen molar-refractivity contribution in [2.24, 2.45) is 34.5 Å². The molecule has 82 heavy (non-hydrogen) atoms. The lowest BCUT2D eigenvalue weighted by atomic mass is 9.73. The number of rotatable bonds is 15. The van der Waals surface area contributed by atoms with E-state index in [9.17, 15) is 125 Å². The maximum atomic E-state index is 14.0. The van der Waals surface area contributed by atoms with Crippen molar-refractivity contribution in [2.75, 3.05) is 55.2 Å². The van der Waals surface area contributed by atoms with Gasteiger partial charge >= 0.3 is 61.3 Å². The maximum absolute atomic E-state index is 14.0. The second-order valence-electron chi connectivity index (χ2n) is 19.8. The number of fused-ring (bicyclic) bond motifs is 4. The Morgan fingerprint density at radius 2 is 0.622 bits per heavy atom. The van der Waals surface area contributed by atoms with E-state index in [1.807, 2.05) is 41.5 Å². The molecule has 4 rings (SSSR count). The largest absolute Gasteiger partial charge is 0.469 e. The summed E-state index contributed by atoms with van der Waals surface area (Å²) in [6, 6.07) is 0.292. The van der Waals surface area contributed by atoms with Gasteiger partial charge in [0.25, 0.3) is 22.4 Å². The molecule has 36 heteroatoms. The number of esters is 2. The summed E-state index contributed by atoms with van der Waals surface area (Å²) in [6.45, 7) is 7.98. The van der Waals surface area contributed by atoms with Crippen LogP contribution in [-0.2, 0) is 42.7 Å². The van der Waals surface area contributed by atoms with Crippen molar-refractivity contribution in [1.29, 1.82) is 0 Å². The number of hydrogen-bond acceptors (Lipinski definition) is 11. The highest BCUT2D eigenvalue weighted by molar-refractivity contribution is 6.17. The molecule has 2 fully saturated rings. The molecule has 4 atom stereocenters. The van der Waals surface area contributed by atoms with Crippen LogP contribution in [0.4, 0.5) is 105 Å². The summed E-state index contributed by atoms with van der Waals surface area (Å²) < 4.78 is 355. The minimum absolute atomic E-state index is 0.134. The van der Waals surface area contributed by atoms with Gasteiger partial charge in [0.05, 0.1) is 25.0 Å². The van der Waals surface area contributed by atoms with E-state index in [1.54, 1.807) is 7.11 Å². The van der Waals surface area contributed by atoms with Gasteiger partial charge in [0.2, 0.25) is 0 Å². The molecule has 0 spiro atoms. The molecular formula is C46H61ClF24O11. The quantitative estimate of drug-likeness (QED) is 0.0533. The van der Waals surface area contributed by atoms with Crippen LogP contribution in [0.5, 0.6) is 0 Å². The van der Waals surface area contributed by atoms with E-state index in [1.165, 1.54) is 14.2 Å². The summed E-state index contributed by atoms with van der Waals surface area (Å²) in [5.74, 6) is -8.22.